The zero-order valence-electron chi connectivity index (χ0n) is 21.5. The van der Waals surface area contributed by atoms with E-state index in [0.717, 1.165) is 12.8 Å². The summed E-state index contributed by atoms with van der Waals surface area (Å²) in [5, 5.41) is 6.57. The maximum Gasteiger partial charge on any atom is 0.0352 e. The third kappa shape index (κ3) is 3.58. The summed E-state index contributed by atoms with van der Waals surface area (Å²) in [6.07, 6.45) is 6.96. The predicted molar refractivity (Wildman–Crippen MR) is 170 cm³/mol. The van der Waals surface area contributed by atoms with E-state index in [1.165, 1.54) is 75.5 Å². The minimum absolute atomic E-state index is 1.15. The lowest BCUT2D eigenvalue weighted by Crippen LogP contribution is -1.92. The Morgan fingerprint density at radius 3 is 1.82 bits per heavy atom. The van der Waals surface area contributed by atoms with Crippen molar-refractivity contribution in [2.75, 3.05) is 0 Å². The summed E-state index contributed by atoms with van der Waals surface area (Å²) in [7, 11) is 0. The molecule has 1 aliphatic rings. The normalized spacial score (nSPS) is 12.8. The molecule has 1 aliphatic carbocycles. The van der Waals surface area contributed by atoms with Crippen molar-refractivity contribution in [3.63, 3.8) is 0 Å². The van der Waals surface area contributed by atoms with Crippen molar-refractivity contribution < 1.29 is 0 Å². The fourth-order valence-corrected chi connectivity index (χ4v) is 7.60. The van der Waals surface area contributed by atoms with Gasteiger partial charge in [0.25, 0.3) is 0 Å². The number of rotatable bonds is 3. The highest BCUT2D eigenvalue weighted by atomic mass is 32.1. The number of fused-ring (bicyclic) bond motifs is 5. The Balaban J connectivity index is 1.47. The molecule has 6 aromatic carbocycles. The summed E-state index contributed by atoms with van der Waals surface area (Å²) in [6, 6.07) is 44.7. The van der Waals surface area contributed by atoms with Gasteiger partial charge in [-0.25, -0.2) is 0 Å². The first-order valence-electron chi connectivity index (χ1n) is 13.7. The topological polar surface area (TPSA) is 0 Å². The van der Waals surface area contributed by atoms with Gasteiger partial charge in [-0.1, -0.05) is 121 Å². The van der Waals surface area contributed by atoms with Crippen molar-refractivity contribution in [3.8, 4) is 33.4 Å². The molecule has 0 aliphatic heterocycles. The standard InChI is InChI=1S/C38H26S/c1-2-12-25(13-3-1)27-14-4-5-16-29(27)38-32-19-8-6-17-30(32)37(31-18-7-9-20-33(31)38)26-22-23-36-34(24-26)28-15-10-11-21-35(28)39-36/h1-10,12-20,22-24H,11,21H2. The van der Waals surface area contributed by atoms with Gasteiger partial charge in [0.15, 0.2) is 0 Å². The van der Waals surface area contributed by atoms with E-state index < -0.39 is 0 Å². The molecule has 0 N–H and O–H groups in total. The maximum absolute atomic E-state index is 2.44. The molecule has 39 heavy (non-hydrogen) atoms. The van der Waals surface area contributed by atoms with Gasteiger partial charge in [0.2, 0.25) is 0 Å². The molecule has 0 nitrogen and oxygen atoms in total. The van der Waals surface area contributed by atoms with E-state index in [9.17, 15) is 0 Å². The SMILES string of the molecule is C1=Cc2c(sc3ccc(-c4c5ccccc5c(-c5ccccc5-c5ccccc5)c5ccccc45)cc23)CC1. The molecule has 0 radical (unpaired) electrons. The number of hydrogen-bond acceptors (Lipinski definition) is 1. The van der Waals surface area contributed by atoms with Gasteiger partial charge >= 0.3 is 0 Å². The molecular formula is C38H26S. The van der Waals surface area contributed by atoms with Crippen LogP contribution in [-0.4, -0.2) is 0 Å². The molecule has 0 unspecified atom stereocenters. The van der Waals surface area contributed by atoms with Gasteiger partial charge in [-0.2, -0.15) is 0 Å². The van der Waals surface area contributed by atoms with Gasteiger partial charge in [0.1, 0.15) is 0 Å². The third-order valence-electron chi connectivity index (χ3n) is 8.13. The quantitative estimate of drug-likeness (QED) is 0.206. The van der Waals surface area contributed by atoms with Gasteiger partial charge in [-0.15, -0.1) is 11.3 Å². The highest BCUT2D eigenvalue weighted by Gasteiger charge is 2.20. The molecule has 0 fully saturated rings. The second-order valence-electron chi connectivity index (χ2n) is 10.3. The van der Waals surface area contributed by atoms with Gasteiger partial charge in [0, 0.05) is 15.0 Å². The lowest BCUT2D eigenvalue weighted by Gasteiger charge is -2.19. The van der Waals surface area contributed by atoms with E-state index in [-0.39, 0.29) is 0 Å². The van der Waals surface area contributed by atoms with Crippen molar-refractivity contribution in [1.82, 2.24) is 0 Å². The minimum Gasteiger partial charge on any atom is -0.140 e. The van der Waals surface area contributed by atoms with Gasteiger partial charge in [0.05, 0.1) is 0 Å². The number of aryl methyl sites for hydroxylation is 1. The van der Waals surface area contributed by atoms with Gasteiger partial charge in [-0.05, 0) is 85.5 Å². The van der Waals surface area contributed by atoms with E-state index in [4.69, 9.17) is 0 Å². The average Bonchev–Trinajstić information content (AvgIpc) is 3.38. The Bertz CT molecular complexity index is 2000. The Morgan fingerprint density at radius 2 is 1.10 bits per heavy atom. The third-order valence-corrected chi connectivity index (χ3v) is 9.37. The first-order chi connectivity index (χ1) is 19.4. The molecule has 0 bridgehead atoms. The fourth-order valence-electron chi connectivity index (χ4n) is 6.41. The molecular weight excluding hydrogens is 488 g/mol. The molecule has 0 saturated heterocycles. The van der Waals surface area contributed by atoms with Crippen molar-refractivity contribution in [3.05, 3.63) is 138 Å². The molecule has 0 amide bonds. The van der Waals surface area contributed by atoms with E-state index in [1.807, 2.05) is 11.3 Å². The van der Waals surface area contributed by atoms with Gasteiger partial charge < -0.3 is 0 Å². The van der Waals surface area contributed by atoms with E-state index in [1.54, 1.807) is 0 Å². The number of thiophene rings is 1. The lowest BCUT2D eigenvalue weighted by atomic mass is 9.83. The summed E-state index contributed by atoms with van der Waals surface area (Å²) >= 11 is 1.96. The number of hydrogen-bond donors (Lipinski definition) is 0. The second kappa shape index (κ2) is 9.08. The van der Waals surface area contributed by atoms with Crippen LogP contribution in [0.3, 0.4) is 0 Å². The van der Waals surface area contributed by atoms with Crippen LogP contribution in [-0.2, 0) is 6.42 Å². The molecule has 7 aromatic rings. The summed E-state index contributed by atoms with van der Waals surface area (Å²) < 4.78 is 1.39. The minimum atomic E-state index is 1.15. The number of allylic oxidation sites excluding steroid dienone is 1. The molecule has 184 valence electrons. The highest BCUT2D eigenvalue weighted by molar-refractivity contribution is 7.19. The monoisotopic (exact) mass is 514 g/mol. The van der Waals surface area contributed by atoms with E-state index in [2.05, 4.69) is 133 Å². The molecule has 1 heterocycles. The van der Waals surface area contributed by atoms with Crippen LogP contribution in [0.5, 0.6) is 0 Å². The van der Waals surface area contributed by atoms with Crippen LogP contribution in [0.2, 0.25) is 0 Å². The van der Waals surface area contributed by atoms with Crippen LogP contribution in [0.1, 0.15) is 16.9 Å². The van der Waals surface area contributed by atoms with Crippen LogP contribution in [0.15, 0.2) is 127 Å². The van der Waals surface area contributed by atoms with Crippen molar-refractivity contribution in [1.29, 1.82) is 0 Å². The first-order valence-corrected chi connectivity index (χ1v) is 14.5. The van der Waals surface area contributed by atoms with E-state index in [0.29, 0.717) is 0 Å². The maximum atomic E-state index is 2.44. The molecule has 0 atom stereocenters. The zero-order valence-corrected chi connectivity index (χ0v) is 22.3. The summed E-state index contributed by atoms with van der Waals surface area (Å²) in [5.41, 5.74) is 9.12. The Morgan fingerprint density at radius 1 is 0.487 bits per heavy atom. The zero-order chi connectivity index (χ0) is 25.8. The highest BCUT2D eigenvalue weighted by Crippen LogP contribution is 2.47. The van der Waals surface area contributed by atoms with Crippen LogP contribution >= 0.6 is 11.3 Å². The molecule has 1 aromatic heterocycles. The average molecular weight is 515 g/mol. The van der Waals surface area contributed by atoms with Crippen molar-refractivity contribution in [2.24, 2.45) is 0 Å². The Labute approximate surface area is 232 Å². The predicted octanol–water partition coefficient (Wildman–Crippen LogP) is 11.2. The molecule has 0 spiro atoms. The van der Waals surface area contributed by atoms with Crippen LogP contribution in [0.25, 0.3) is 71.1 Å². The van der Waals surface area contributed by atoms with Crippen LogP contribution in [0.4, 0.5) is 0 Å². The van der Waals surface area contributed by atoms with Crippen molar-refractivity contribution >= 4 is 49.0 Å². The molecule has 1 heteroatoms. The van der Waals surface area contributed by atoms with Crippen LogP contribution < -0.4 is 0 Å². The second-order valence-corrected chi connectivity index (χ2v) is 11.5. The summed E-state index contributed by atoms with van der Waals surface area (Å²) in [6.45, 7) is 0. The summed E-state index contributed by atoms with van der Waals surface area (Å²) in [4.78, 5) is 1.52. The lowest BCUT2D eigenvalue weighted by molar-refractivity contribution is 1.02. The first kappa shape index (κ1) is 22.5. The Kier molecular flexibility index (Phi) is 5.24. The molecule has 0 saturated carbocycles. The van der Waals surface area contributed by atoms with Crippen molar-refractivity contribution in [2.45, 2.75) is 12.8 Å². The van der Waals surface area contributed by atoms with Gasteiger partial charge in [-0.3, -0.25) is 0 Å². The largest absolute Gasteiger partial charge is 0.140 e. The fraction of sp³-hybridized carbons (Fsp3) is 0.0526. The Hall–Kier alpha value is -4.46. The number of benzene rings is 6. The van der Waals surface area contributed by atoms with E-state index >= 15 is 0 Å². The molecule has 8 rings (SSSR count). The smallest absolute Gasteiger partial charge is 0.0352 e. The summed E-state index contributed by atoms with van der Waals surface area (Å²) in [5.74, 6) is 0. The van der Waals surface area contributed by atoms with Crippen LogP contribution in [0, 0.1) is 0 Å².